The van der Waals surface area contributed by atoms with Gasteiger partial charge in [0, 0.05) is 0 Å². The third-order valence-electron chi connectivity index (χ3n) is 2.40. The van der Waals surface area contributed by atoms with Crippen molar-refractivity contribution in [1.29, 1.82) is 0 Å². The van der Waals surface area contributed by atoms with Gasteiger partial charge in [-0.15, -0.1) is 0 Å². The minimum atomic E-state index is 0.0966. The minimum Gasteiger partial charge on any atom is -0.463 e. The maximum Gasteiger partial charge on any atom is 0.323 e. The third-order valence-corrected chi connectivity index (χ3v) is 2.40. The Kier molecular flexibility index (Phi) is 4.22. The summed E-state index contributed by atoms with van der Waals surface area (Å²) in [6.07, 6.45) is 4.92. The topological polar surface area (TPSA) is 105 Å². The lowest BCUT2D eigenvalue weighted by Crippen LogP contribution is -2.10. The van der Waals surface area contributed by atoms with Crippen molar-refractivity contribution in [1.82, 2.24) is 29.7 Å². The van der Waals surface area contributed by atoms with Crippen LogP contribution in [0.2, 0.25) is 0 Å². The van der Waals surface area contributed by atoms with Crippen LogP contribution in [0.5, 0.6) is 6.01 Å². The van der Waals surface area contributed by atoms with Gasteiger partial charge < -0.3 is 10.5 Å². The highest BCUT2D eigenvalue weighted by Gasteiger charge is 2.08. The zero-order valence-corrected chi connectivity index (χ0v) is 11.0. The molecule has 0 radical (unpaired) electrons. The highest BCUT2D eigenvalue weighted by molar-refractivity contribution is 5.23. The highest BCUT2D eigenvalue weighted by atomic mass is 16.5. The molecule has 8 nitrogen and oxygen atoms in total. The molecule has 2 aromatic heterocycles. The van der Waals surface area contributed by atoms with E-state index in [1.165, 1.54) is 17.3 Å². The second-order valence-corrected chi connectivity index (χ2v) is 4.50. The number of nitrogens with zero attached hydrogens (tertiary/aromatic N) is 6. The average molecular weight is 263 g/mol. The van der Waals surface area contributed by atoms with Crippen molar-refractivity contribution in [3.05, 3.63) is 12.7 Å². The third kappa shape index (κ3) is 3.87. The fraction of sp³-hybridized carbons (Fsp3) is 0.545. The van der Waals surface area contributed by atoms with Crippen LogP contribution in [0, 0.1) is 5.92 Å². The first-order valence-corrected chi connectivity index (χ1v) is 6.14. The van der Waals surface area contributed by atoms with Crippen molar-refractivity contribution >= 4 is 5.95 Å². The number of aromatic nitrogens is 6. The molecule has 0 aromatic carbocycles. The molecule has 0 aliphatic carbocycles. The van der Waals surface area contributed by atoms with Crippen molar-refractivity contribution in [2.75, 3.05) is 12.3 Å². The molecule has 2 N–H and O–H groups in total. The summed E-state index contributed by atoms with van der Waals surface area (Å²) < 4.78 is 6.87. The lowest BCUT2D eigenvalue weighted by molar-refractivity contribution is 0.275. The Morgan fingerprint density at radius 1 is 1.32 bits per heavy atom. The van der Waals surface area contributed by atoms with Crippen LogP contribution in [0.1, 0.15) is 26.7 Å². The maximum atomic E-state index is 5.61. The van der Waals surface area contributed by atoms with E-state index in [2.05, 4.69) is 38.9 Å². The molecule has 0 saturated carbocycles. The Morgan fingerprint density at radius 3 is 2.84 bits per heavy atom. The Morgan fingerprint density at radius 2 is 2.16 bits per heavy atom. The molecule has 0 fully saturated rings. The SMILES string of the molecule is CC(C)CCCOc1nc(N)nc(-n2cncn2)n1. The predicted octanol–water partition coefficient (Wildman–Crippen LogP) is 0.850. The van der Waals surface area contributed by atoms with Crippen LogP contribution in [-0.4, -0.2) is 36.3 Å². The van der Waals surface area contributed by atoms with Gasteiger partial charge in [-0.05, 0) is 18.8 Å². The van der Waals surface area contributed by atoms with Gasteiger partial charge in [0.1, 0.15) is 12.7 Å². The normalized spacial score (nSPS) is 10.9. The number of ether oxygens (including phenoxy) is 1. The summed E-state index contributed by atoms with van der Waals surface area (Å²) in [4.78, 5) is 15.9. The quantitative estimate of drug-likeness (QED) is 0.770. The zero-order chi connectivity index (χ0) is 13.7. The van der Waals surface area contributed by atoms with Crippen molar-refractivity contribution < 1.29 is 4.74 Å². The van der Waals surface area contributed by atoms with E-state index in [0.717, 1.165) is 12.8 Å². The summed E-state index contributed by atoms with van der Waals surface area (Å²) in [5, 5.41) is 3.93. The summed E-state index contributed by atoms with van der Waals surface area (Å²) in [5.74, 6) is 1.04. The molecular formula is C11H17N7O. The average Bonchev–Trinajstić information content (AvgIpc) is 2.87. The van der Waals surface area contributed by atoms with E-state index in [1.807, 2.05) is 0 Å². The number of rotatable bonds is 6. The second kappa shape index (κ2) is 6.07. The number of nitrogens with two attached hydrogens (primary N) is 1. The van der Waals surface area contributed by atoms with Gasteiger partial charge in [0.05, 0.1) is 6.61 Å². The highest BCUT2D eigenvalue weighted by Crippen LogP contribution is 2.09. The molecule has 0 aliphatic rings. The molecule has 0 bridgehead atoms. The molecule has 0 saturated heterocycles. The number of nitrogen functional groups attached to an aromatic ring is 1. The summed E-state index contributed by atoms with van der Waals surface area (Å²) in [6, 6.07) is 0.210. The lowest BCUT2D eigenvalue weighted by atomic mass is 10.1. The monoisotopic (exact) mass is 263 g/mol. The lowest BCUT2D eigenvalue weighted by Gasteiger charge is -2.07. The Hall–Kier alpha value is -2.25. The molecule has 0 spiro atoms. The molecule has 2 aromatic rings. The fourth-order valence-corrected chi connectivity index (χ4v) is 1.49. The van der Waals surface area contributed by atoms with Gasteiger partial charge in [-0.2, -0.15) is 24.7 Å². The molecule has 19 heavy (non-hydrogen) atoms. The van der Waals surface area contributed by atoms with E-state index in [-0.39, 0.29) is 12.0 Å². The molecule has 0 unspecified atom stereocenters. The van der Waals surface area contributed by atoms with Crippen molar-refractivity contribution in [2.24, 2.45) is 5.92 Å². The summed E-state index contributed by atoms with van der Waals surface area (Å²) in [7, 11) is 0. The van der Waals surface area contributed by atoms with E-state index in [4.69, 9.17) is 10.5 Å². The van der Waals surface area contributed by atoms with Gasteiger partial charge in [0.15, 0.2) is 0 Å². The van der Waals surface area contributed by atoms with Gasteiger partial charge in [0.2, 0.25) is 5.95 Å². The molecule has 2 heterocycles. The van der Waals surface area contributed by atoms with E-state index in [1.54, 1.807) is 0 Å². The van der Waals surface area contributed by atoms with E-state index >= 15 is 0 Å². The summed E-state index contributed by atoms with van der Waals surface area (Å²) in [5.41, 5.74) is 5.61. The zero-order valence-electron chi connectivity index (χ0n) is 11.0. The molecular weight excluding hydrogens is 246 g/mol. The van der Waals surface area contributed by atoms with E-state index < -0.39 is 0 Å². The second-order valence-electron chi connectivity index (χ2n) is 4.50. The summed E-state index contributed by atoms with van der Waals surface area (Å²) in [6.45, 7) is 4.89. The first-order valence-electron chi connectivity index (χ1n) is 6.14. The first-order chi connectivity index (χ1) is 9.15. The Balaban J connectivity index is 2.01. The van der Waals surface area contributed by atoms with Gasteiger partial charge in [0.25, 0.3) is 5.95 Å². The standard InChI is InChI=1S/C11H17N7O/c1-8(2)4-3-5-19-11-16-9(12)15-10(17-11)18-7-13-6-14-18/h6-8H,3-5H2,1-2H3,(H2,12,15,16,17). The molecule has 0 atom stereocenters. The molecule has 102 valence electrons. The number of hydrogen-bond donors (Lipinski definition) is 1. The maximum absolute atomic E-state index is 5.61. The van der Waals surface area contributed by atoms with Crippen molar-refractivity contribution in [3.8, 4) is 12.0 Å². The molecule has 8 heteroatoms. The smallest absolute Gasteiger partial charge is 0.323 e. The number of hydrogen-bond acceptors (Lipinski definition) is 7. The van der Waals surface area contributed by atoms with Gasteiger partial charge in [-0.3, -0.25) is 0 Å². The van der Waals surface area contributed by atoms with Crippen molar-refractivity contribution in [3.63, 3.8) is 0 Å². The van der Waals surface area contributed by atoms with Crippen LogP contribution >= 0.6 is 0 Å². The van der Waals surface area contributed by atoms with Crippen LogP contribution in [0.15, 0.2) is 12.7 Å². The summed E-state index contributed by atoms with van der Waals surface area (Å²) >= 11 is 0. The van der Waals surface area contributed by atoms with Crippen LogP contribution in [0.4, 0.5) is 5.95 Å². The van der Waals surface area contributed by atoms with Gasteiger partial charge in [-0.25, -0.2) is 4.98 Å². The van der Waals surface area contributed by atoms with Crippen LogP contribution in [0.3, 0.4) is 0 Å². The van der Waals surface area contributed by atoms with Crippen LogP contribution in [-0.2, 0) is 0 Å². The van der Waals surface area contributed by atoms with Crippen LogP contribution < -0.4 is 10.5 Å². The van der Waals surface area contributed by atoms with Gasteiger partial charge >= 0.3 is 6.01 Å². The molecule has 0 aliphatic heterocycles. The molecule has 0 amide bonds. The number of anilines is 1. The van der Waals surface area contributed by atoms with E-state index in [9.17, 15) is 0 Å². The largest absolute Gasteiger partial charge is 0.463 e. The van der Waals surface area contributed by atoms with E-state index in [0.29, 0.717) is 18.5 Å². The fourth-order valence-electron chi connectivity index (χ4n) is 1.49. The first kappa shape index (κ1) is 13.2. The predicted molar refractivity (Wildman–Crippen MR) is 68.7 cm³/mol. The van der Waals surface area contributed by atoms with Gasteiger partial charge in [-0.1, -0.05) is 13.8 Å². The van der Waals surface area contributed by atoms with Crippen LogP contribution in [0.25, 0.3) is 5.95 Å². The molecule has 2 rings (SSSR count). The Bertz CT molecular complexity index is 512. The minimum absolute atomic E-state index is 0.0966. The van der Waals surface area contributed by atoms with Crippen molar-refractivity contribution in [2.45, 2.75) is 26.7 Å². The Labute approximate surface area is 111 Å².